The van der Waals surface area contributed by atoms with Gasteiger partial charge in [0.25, 0.3) is 5.91 Å². The van der Waals surface area contributed by atoms with Gasteiger partial charge in [0, 0.05) is 58.8 Å². The smallest absolute Gasteiger partial charge is 0.253 e. The minimum absolute atomic E-state index is 0.0148. The lowest BCUT2D eigenvalue weighted by Crippen LogP contribution is -2.38. The van der Waals surface area contributed by atoms with Gasteiger partial charge in [-0.05, 0) is 80.3 Å². The van der Waals surface area contributed by atoms with Crippen molar-refractivity contribution in [2.24, 2.45) is 0 Å². The standard InChI is InChI=1S/C28H40N4O5S/c1-20-17-25(37-6)18-21(2)27(20)38(35,36)32(5)15-11-26(33)29-12-16-31(4)28(34)24-8-7-22-9-13-30(3)14-10-23(22)19-24/h7-8,17-19H,9-16H2,1-6H3,(H,29,33). The van der Waals surface area contributed by atoms with E-state index in [1.165, 1.54) is 29.6 Å². The minimum Gasteiger partial charge on any atom is -0.497 e. The number of ether oxygens (including phenoxy) is 1. The molecule has 10 heteroatoms. The minimum atomic E-state index is -3.77. The fourth-order valence-electron chi connectivity index (χ4n) is 4.71. The van der Waals surface area contributed by atoms with Crippen LogP contribution in [0.3, 0.4) is 0 Å². The van der Waals surface area contributed by atoms with Crippen LogP contribution in [0.1, 0.15) is 39.0 Å². The zero-order valence-corrected chi connectivity index (χ0v) is 24.2. The van der Waals surface area contributed by atoms with Crippen LogP contribution in [0.4, 0.5) is 0 Å². The Balaban J connectivity index is 1.49. The number of hydrogen-bond donors (Lipinski definition) is 1. The topological polar surface area (TPSA) is 99.3 Å². The first-order valence-electron chi connectivity index (χ1n) is 12.9. The Morgan fingerprint density at radius 1 is 1.00 bits per heavy atom. The van der Waals surface area contributed by atoms with E-state index in [9.17, 15) is 18.0 Å². The van der Waals surface area contributed by atoms with Crippen LogP contribution in [-0.4, -0.2) is 95.3 Å². The van der Waals surface area contributed by atoms with Crippen molar-refractivity contribution in [3.05, 3.63) is 58.1 Å². The first-order chi connectivity index (χ1) is 17.9. The third-order valence-corrected chi connectivity index (χ3v) is 9.25. The van der Waals surface area contributed by atoms with Crippen molar-refractivity contribution in [3.63, 3.8) is 0 Å². The number of carbonyl (C=O) groups is 2. The van der Waals surface area contributed by atoms with Gasteiger partial charge in [0.05, 0.1) is 12.0 Å². The van der Waals surface area contributed by atoms with Gasteiger partial charge in [-0.25, -0.2) is 12.7 Å². The number of hydrogen-bond acceptors (Lipinski definition) is 6. The molecular weight excluding hydrogens is 504 g/mol. The molecule has 0 radical (unpaired) electrons. The normalized spacial score (nSPS) is 14.1. The highest BCUT2D eigenvalue weighted by molar-refractivity contribution is 7.89. The van der Waals surface area contributed by atoms with Gasteiger partial charge in [0.15, 0.2) is 0 Å². The zero-order chi connectivity index (χ0) is 28.0. The van der Waals surface area contributed by atoms with E-state index in [0.717, 1.165) is 25.9 Å². The van der Waals surface area contributed by atoms with Crippen molar-refractivity contribution in [1.82, 2.24) is 19.4 Å². The predicted octanol–water partition coefficient (Wildman–Crippen LogP) is 2.24. The van der Waals surface area contributed by atoms with E-state index in [1.54, 1.807) is 37.9 Å². The summed E-state index contributed by atoms with van der Waals surface area (Å²) in [6.07, 6.45) is 1.92. The molecule has 0 atom stereocenters. The third-order valence-electron chi connectivity index (χ3n) is 7.09. The van der Waals surface area contributed by atoms with Crippen LogP contribution in [0, 0.1) is 13.8 Å². The first kappa shape index (κ1) is 29.6. The van der Waals surface area contributed by atoms with Crippen molar-refractivity contribution < 1.29 is 22.7 Å². The van der Waals surface area contributed by atoms with Gasteiger partial charge in [0.1, 0.15) is 5.75 Å². The summed E-state index contributed by atoms with van der Waals surface area (Å²) in [7, 11) is 3.07. The maximum atomic E-state index is 13.1. The molecule has 2 amide bonds. The van der Waals surface area contributed by atoms with Crippen LogP contribution < -0.4 is 10.1 Å². The van der Waals surface area contributed by atoms with Crippen molar-refractivity contribution in [2.75, 3.05) is 61.0 Å². The summed E-state index contributed by atoms with van der Waals surface area (Å²) in [4.78, 5) is 29.5. The Kier molecular flexibility index (Phi) is 9.92. The Morgan fingerprint density at radius 2 is 1.63 bits per heavy atom. The van der Waals surface area contributed by atoms with Crippen molar-refractivity contribution >= 4 is 21.8 Å². The average molecular weight is 545 g/mol. The number of amides is 2. The second kappa shape index (κ2) is 12.7. The molecule has 208 valence electrons. The second-order valence-corrected chi connectivity index (χ2v) is 12.0. The summed E-state index contributed by atoms with van der Waals surface area (Å²) in [6.45, 7) is 6.12. The van der Waals surface area contributed by atoms with Crippen LogP contribution >= 0.6 is 0 Å². The summed E-state index contributed by atoms with van der Waals surface area (Å²) < 4.78 is 32.7. The molecule has 0 aliphatic carbocycles. The van der Waals surface area contributed by atoms with E-state index in [4.69, 9.17) is 4.74 Å². The Labute approximate surface area is 226 Å². The van der Waals surface area contributed by atoms with Gasteiger partial charge in [0.2, 0.25) is 15.9 Å². The summed E-state index contributed by atoms with van der Waals surface area (Å²) in [5.41, 5.74) is 4.35. The number of carbonyl (C=O) groups excluding carboxylic acids is 2. The number of aryl methyl sites for hydroxylation is 2. The van der Waals surface area contributed by atoms with E-state index in [0.29, 0.717) is 29.0 Å². The van der Waals surface area contributed by atoms with Crippen molar-refractivity contribution in [2.45, 2.75) is 38.0 Å². The highest BCUT2D eigenvalue weighted by Gasteiger charge is 2.26. The molecule has 38 heavy (non-hydrogen) atoms. The predicted molar refractivity (Wildman–Crippen MR) is 148 cm³/mol. The van der Waals surface area contributed by atoms with Crippen LogP contribution in [0.2, 0.25) is 0 Å². The maximum Gasteiger partial charge on any atom is 0.253 e. The Hall–Kier alpha value is -2.95. The lowest BCUT2D eigenvalue weighted by Gasteiger charge is -2.21. The molecule has 9 nitrogen and oxygen atoms in total. The molecule has 0 saturated carbocycles. The van der Waals surface area contributed by atoms with Crippen LogP contribution in [0.5, 0.6) is 5.75 Å². The molecule has 2 aromatic carbocycles. The van der Waals surface area contributed by atoms with E-state index in [-0.39, 0.29) is 36.2 Å². The molecule has 0 unspecified atom stereocenters. The van der Waals surface area contributed by atoms with E-state index in [1.807, 2.05) is 12.1 Å². The summed E-state index contributed by atoms with van der Waals surface area (Å²) >= 11 is 0. The molecule has 1 heterocycles. The molecule has 0 aromatic heterocycles. The summed E-state index contributed by atoms with van der Waals surface area (Å²) in [5.74, 6) is 0.236. The molecule has 1 N–H and O–H groups in total. The molecule has 1 aliphatic rings. The lowest BCUT2D eigenvalue weighted by atomic mass is 9.99. The van der Waals surface area contributed by atoms with E-state index >= 15 is 0 Å². The average Bonchev–Trinajstić information content (AvgIpc) is 3.06. The summed E-state index contributed by atoms with van der Waals surface area (Å²) in [5, 5.41) is 2.79. The van der Waals surface area contributed by atoms with Crippen molar-refractivity contribution in [1.29, 1.82) is 0 Å². The van der Waals surface area contributed by atoms with E-state index in [2.05, 4.69) is 23.3 Å². The lowest BCUT2D eigenvalue weighted by molar-refractivity contribution is -0.121. The molecule has 2 aromatic rings. The largest absolute Gasteiger partial charge is 0.497 e. The SMILES string of the molecule is COc1cc(C)c(S(=O)(=O)N(C)CCC(=O)NCCN(C)C(=O)c2ccc3c(c2)CCN(C)CC3)c(C)c1. The quantitative estimate of drug-likeness (QED) is 0.493. The Bertz CT molecular complexity index is 1250. The zero-order valence-electron chi connectivity index (χ0n) is 23.3. The number of sulfonamides is 1. The fraction of sp³-hybridized carbons (Fsp3) is 0.500. The van der Waals surface area contributed by atoms with E-state index < -0.39 is 10.0 Å². The highest BCUT2D eigenvalue weighted by atomic mass is 32.2. The number of rotatable bonds is 10. The number of methoxy groups -OCH3 is 1. The van der Waals surface area contributed by atoms with Crippen molar-refractivity contribution in [3.8, 4) is 5.75 Å². The molecule has 3 rings (SSSR count). The molecule has 1 aliphatic heterocycles. The van der Waals surface area contributed by atoms with Gasteiger partial charge in [-0.2, -0.15) is 0 Å². The number of nitrogens with one attached hydrogen (secondary N) is 1. The van der Waals surface area contributed by atoms with Crippen LogP contribution in [0.25, 0.3) is 0 Å². The van der Waals surface area contributed by atoms with Gasteiger partial charge < -0.3 is 19.9 Å². The number of likely N-dealkylation sites (N-methyl/N-ethyl adjacent to an activating group) is 2. The highest BCUT2D eigenvalue weighted by Crippen LogP contribution is 2.27. The monoisotopic (exact) mass is 544 g/mol. The number of nitrogens with zero attached hydrogens (tertiary/aromatic N) is 3. The summed E-state index contributed by atoms with van der Waals surface area (Å²) in [6, 6.07) is 9.29. The maximum absolute atomic E-state index is 13.1. The number of benzene rings is 2. The fourth-order valence-corrected chi connectivity index (χ4v) is 6.29. The van der Waals surface area contributed by atoms with Gasteiger partial charge >= 0.3 is 0 Å². The van der Waals surface area contributed by atoms with Gasteiger partial charge in [-0.15, -0.1) is 0 Å². The molecule has 0 saturated heterocycles. The molecule has 0 fully saturated rings. The van der Waals surface area contributed by atoms with Gasteiger partial charge in [-0.1, -0.05) is 6.07 Å². The van der Waals surface area contributed by atoms with Crippen LogP contribution in [0.15, 0.2) is 35.2 Å². The molecule has 0 spiro atoms. The second-order valence-electron chi connectivity index (χ2n) is 10.0. The molecular formula is C28H40N4O5S. The van der Waals surface area contributed by atoms with Gasteiger partial charge in [-0.3, -0.25) is 9.59 Å². The Morgan fingerprint density at radius 3 is 2.26 bits per heavy atom. The molecule has 0 bridgehead atoms. The third kappa shape index (κ3) is 7.12. The van der Waals surface area contributed by atoms with Crippen LogP contribution in [-0.2, 0) is 27.7 Å². The number of fused-ring (bicyclic) bond motifs is 1. The first-order valence-corrected chi connectivity index (χ1v) is 14.3.